The molecular weight excluding hydrogens is 744 g/mol. The normalized spacial score (nSPS) is 18.6. The maximum absolute atomic E-state index is 15.8. The highest BCUT2D eigenvalue weighted by Gasteiger charge is 2.46. The maximum Gasteiger partial charge on any atom is 0.408 e. The molecular formula is C43H51F5N6O3. The fourth-order valence-corrected chi connectivity index (χ4v) is 8.58. The van der Waals surface area contributed by atoms with E-state index in [4.69, 9.17) is 4.74 Å². The Hall–Kier alpha value is -4.56. The molecule has 1 aliphatic carbocycles. The lowest BCUT2D eigenvalue weighted by Gasteiger charge is -2.39. The number of ketones is 1. The van der Waals surface area contributed by atoms with E-state index in [9.17, 15) is 22.8 Å². The Kier molecular flexibility index (Phi) is 11.9. The summed E-state index contributed by atoms with van der Waals surface area (Å²) < 4.78 is 78.5. The van der Waals surface area contributed by atoms with Crippen molar-refractivity contribution in [1.82, 2.24) is 19.8 Å². The highest BCUT2D eigenvalue weighted by Crippen LogP contribution is 2.39. The summed E-state index contributed by atoms with van der Waals surface area (Å²) in [6.07, 6.45) is 2.43. The number of piperazine rings is 1. The van der Waals surface area contributed by atoms with Gasteiger partial charge in [-0.25, -0.2) is 13.8 Å². The molecule has 2 aliphatic heterocycles. The molecule has 4 aromatic rings. The minimum atomic E-state index is -4.65. The number of alkyl halides is 3. The van der Waals surface area contributed by atoms with E-state index < -0.39 is 52.4 Å². The number of rotatable bonds is 11. The first-order valence-corrected chi connectivity index (χ1v) is 20.0. The van der Waals surface area contributed by atoms with E-state index in [1.807, 2.05) is 45.0 Å². The fraction of sp³-hybridized carbons (Fsp3) is 0.512. The summed E-state index contributed by atoms with van der Waals surface area (Å²) >= 11 is 0. The lowest BCUT2D eigenvalue weighted by atomic mass is 9.96. The molecule has 1 unspecified atom stereocenters. The standard InChI is InChI=1S/C43H51F5N6O3/c1-42(2,3)57-36(55)26-52-16-14-27(15-17-52)25-53-18-20-54(21-19-53)31-10-8-28(9-11-31)30-22-32-33(24-50-41(32)49-23-30)39(56)37-34(44)12-13-35(38(37)45)51-40(43(46,47)48)29-6-4-5-7-29/h8-13,22-24,27,29,40,51H,4-7,14-21,25-26H2,1-3H3,(H,49,50). The smallest absolute Gasteiger partial charge is 0.408 e. The van der Waals surface area contributed by atoms with Crippen LogP contribution in [-0.2, 0) is 9.53 Å². The second-order valence-corrected chi connectivity index (χ2v) is 16.8. The van der Waals surface area contributed by atoms with Gasteiger partial charge in [0, 0.05) is 67.3 Å². The number of nitrogens with zero attached hydrogens (tertiary/aromatic N) is 4. The van der Waals surface area contributed by atoms with Crippen LogP contribution in [0.25, 0.3) is 22.2 Å². The lowest BCUT2D eigenvalue weighted by molar-refractivity contribution is -0.156. The number of nitrogens with one attached hydrogen (secondary N) is 2. The fourth-order valence-electron chi connectivity index (χ4n) is 8.58. The predicted octanol–water partition coefficient (Wildman–Crippen LogP) is 8.45. The number of likely N-dealkylation sites (tertiary alicyclic amines) is 1. The van der Waals surface area contributed by atoms with Crippen LogP contribution >= 0.6 is 0 Å². The molecule has 1 saturated carbocycles. The molecule has 0 bridgehead atoms. The van der Waals surface area contributed by atoms with Crippen LogP contribution in [0, 0.1) is 23.5 Å². The summed E-state index contributed by atoms with van der Waals surface area (Å²) in [5.74, 6) is -3.83. The van der Waals surface area contributed by atoms with Crippen LogP contribution in [0.3, 0.4) is 0 Å². The molecule has 2 aromatic carbocycles. The average Bonchev–Trinajstić information content (AvgIpc) is 3.85. The Labute approximate surface area is 329 Å². The Morgan fingerprint density at radius 2 is 1.58 bits per heavy atom. The van der Waals surface area contributed by atoms with Crippen LogP contribution in [-0.4, -0.2) is 102 Å². The monoisotopic (exact) mass is 794 g/mol. The summed E-state index contributed by atoms with van der Waals surface area (Å²) in [4.78, 5) is 40.4. The average molecular weight is 795 g/mol. The van der Waals surface area contributed by atoms with Gasteiger partial charge < -0.3 is 19.9 Å². The van der Waals surface area contributed by atoms with Gasteiger partial charge in [0.25, 0.3) is 0 Å². The molecule has 0 amide bonds. The van der Waals surface area contributed by atoms with Gasteiger partial charge in [0.2, 0.25) is 5.78 Å². The van der Waals surface area contributed by atoms with E-state index in [1.165, 1.54) is 6.20 Å². The number of hydrogen-bond donors (Lipinski definition) is 2. The topological polar surface area (TPSA) is 93.8 Å². The molecule has 2 saturated heterocycles. The van der Waals surface area contributed by atoms with Crippen LogP contribution in [0.5, 0.6) is 0 Å². The number of pyridine rings is 1. The highest BCUT2D eigenvalue weighted by molar-refractivity contribution is 6.16. The number of carbonyl (C=O) groups is 2. The number of anilines is 2. The summed E-state index contributed by atoms with van der Waals surface area (Å²) in [7, 11) is 0. The molecule has 0 spiro atoms. The Morgan fingerprint density at radius 1 is 0.895 bits per heavy atom. The molecule has 4 heterocycles. The number of ether oxygens (including phenoxy) is 1. The predicted molar refractivity (Wildman–Crippen MR) is 210 cm³/mol. The van der Waals surface area contributed by atoms with Crippen LogP contribution < -0.4 is 10.2 Å². The zero-order chi connectivity index (χ0) is 40.5. The molecule has 2 aromatic heterocycles. The van der Waals surface area contributed by atoms with Crippen molar-refractivity contribution in [3.05, 3.63) is 77.6 Å². The second kappa shape index (κ2) is 16.7. The van der Waals surface area contributed by atoms with Gasteiger partial charge in [-0.1, -0.05) is 25.0 Å². The molecule has 9 nitrogen and oxygen atoms in total. The van der Waals surface area contributed by atoms with E-state index in [2.05, 4.69) is 30.0 Å². The van der Waals surface area contributed by atoms with Crippen LogP contribution in [0.4, 0.5) is 33.3 Å². The van der Waals surface area contributed by atoms with E-state index in [0.717, 1.165) is 82.0 Å². The maximum atomic E-state index is 15.8. The number of fused-ring (bicyclic) bond motifs is 1. The van der Waals surface area contributed by atoms with Crippen molar-refractivity contribution in [2.45, 2.75) is 77.1 Å². The number of hydrogen-bond acceptors (Lipinski definition) is 8. The van der Waals surface area contributed by atoms with Gasteiger partial charge >= 0.3 is 12.1 Å². The minimum absolute atomic E-state index is 0.0432. The third-order valence-corrected chi connectivity index (χ3v) is 11.6. The lowest BCUT2D eigenvalue weighted by Crippen LogP contribution is -2.49. The van der Waals surface area contributed by atoms with Crippen LogP contribution in [0.2, 0.25) is 0 Å². The van der Waals surface area contributed by atoms with Crippen molar-refractivity contribution in [2.75, 3.05) is 62.6 Å². The first-order valence-electron chi connectivity index (χ1n) is 20.0. The van der Waals surface area contributed by atoms with Crippen LogP contribution in [0.15, 0.2) is 54.9 Å². The van der Waals surface area contributed by atoms with Gasteiger partial charge in [-0.3, -0.25) is 19.4 Å². The van der Waals surface area contributed by atoms with E-state index in [-0.39, 0.29) is 11.5 Å². The molecule has 1 atom stereocenters. The highest BCUT2D eigenvalue weighted by atomic mass is 19.4. The third-order valence-electron chi connectivity index (χ3n) is 11.6. The van der Waals surface area contributed by atoms with Gasteiger partial charge in [0.1, 0.15) is 23.1 Å². The van der Waals surface area contributed by atoms with E-state index in [0.29, 0.717) is 54.7 Å². The molecule has 3 fully saturated rings. The second-order valence-electron chi connectivity index (χ2n) is 16.8. The number of esters is 1. The Bertz CT molecular complexity index is 2040. The van der Waals surface area contributed by atoms with Gasteiger partial charge in [-0.2, -0.15) is 13.2 Å². The number of piperidine rings is 1. The zero-order valence-electron chi connectivity index (χ0n) is 32.7. The van der Waals surface area contributed by atoms with E-state index in [1.54, 1.807) is 12.3 Å². The van der Waals surface area contributed by atoms with E-state index >= 15 is 8.78 Å². The number of carbonyl (C=O) groups excluding carboxylic acids is 2. The summed E-state index contributed by atoms with van der Waals surface area (Å²) in [6, 6.07) is 9.47. The Balaban J connectivity index is 0.971. The molecule has 7 rings (SSSR count). The van der Waals surface area contributed by atoms with Gasteiger partial charge in [0.05, 0.1) is 17.8 Å². The number of halogens is 5. The molecule has 0 radical (unpaired) electrons. The van der Waals surface area contributed by atoms with Gasteiger partial charge in [-0.15, -0.1) is 0 Å². The minimum Gasteiger partial charge on any atom is -0.459 e. The molecule has 57 heavy (non-hydrogen) atoms. The van der Waals surface area contributed by atoms with Crippen molar-refractivity contribution in [1.29, 1.82) is 0 Å². The van der Waals surface area contributed by atoms with Crippen molar-refractivity contribution < 1.29 is 36.3 Å². The molecule has 306 valence electrons. The Morgan fingerprint density at radius 3 is 2.23 bits per heavy atom. The summed E-state index contributed by atoms with van der Waals surface area (Å²) in [6.45, 7) is 12.5. The molecule has 14 heteroatoms. The van der Waals surface area contributed by atoms with Gasteiger partial charge in [0.15, 0.2) is 5.82 Å². The SMILES string of the molecule is CC(C)(C)OC(=O)CN1CCC(CN2CCN(c3ccc(-c4cnc5[nH]cc(C(=O)c6c(F)ccc(NC(C7CCCC7)C(F)(F)F)c6F)c5c4)cc3)CC2)CC1. The number of benzene rings is 2. The molecule has 2 N–H and O–H groups in total. The summed E-state index contributed by atoms with van der Waals surface area (Å²) in [5.41, 5.74) is 0.921. The summed E-state index contributed by atoms with van der Waals surface area (Å²) in [5, 5.41) is 2.60. The molecule has 3 aliphatic rings. The van der Waals surface area contributed by atoms with Crippen molar-refractivity contribution in [2.24, 2.45) is 11.8 Å². The van der Waals surface area contributed by atoms with Gasteiger partial charge in [-0.05, 0) is 107 Å². The van der Waals surface area contributed by atoms with Crippen molar-refractivity contribution in [3.63, 3.8) is 0 Å². The number of aromatic amines is 1. The van der Waals surface area contributed by atoms with Crippen LogP contribution in [0.1, 0.15) is 75.2 Å². The first kappa shape index (κ1) is 40.6. The number of aromatic nitrogens is 2. The first-order chi connectivity index (χ1) is 27.1. The zero-order valence-corrected chi connectivity index (χ0v) is 32.7. The van der Waals surface area contributed by atoms with Crippen molar-refractivity contribution >= 4 is 34.2 Å². The third kappa shape index (κ3) is 9.60. The quantitative estimate of drug-likeness (QED) is 0.0889. The number of H-pyrrole nitrogens is 1. The largest absolute Gasteiger partial charge is 0.459 e. The van der Waals surface area contributed by atoms with Crippen molar-refractivity contribution in [3.8, 4) is 11.1 Å².